The van der Waals surface area contributed by atoms with Crippen LogP contribution in [-0.4, -0.2) is 25.6 Å². The van der Waals surface area contributed by atoms with Gasteiger partial charge >= 0.3 is 0 Å². The summed E-state index contributed by atoms with van der Waals surface area (Å²) in [6, 6.07) is 17.7. The predicted octanol–water partition coefficient (Wildman–Crippen LogP) is 10.3. The van der Waals surface area contributed by atoms with Crippen molar-refractivity contribution in [3.63, 3.8) is 0 Å². The van der Waals surface area contributed by atoms with Gasteiger partial charge in [-0.05, 0) is 80.7 Å². The summed E-state index contributed by atoms with van der Waals surface area (Å²) in [5.74, 6) is 0.983. The molecule has 0 aromatic heterocycles. The molecule has 0 spiro atoms. The summed E-state index contributed by atoms with van der Waals surface area (Å²) in [6.45, 7) is 6.15. The van der Waals surface area contributed by atoms with E-state index in [2.05, 4.69) is 62.4 Å². The Hall–Kier alpha value is -1.84. The second-order valence-electron chi connectivity index (χ2n) is 11.2. The van der Waals surface area contributed by atoms with Crippen LogP contribution < -0.4 is 4.74 Å². The molecule has 3 heteroatoms. The summed E-state index contributed by atoms with van der Waals surface area (Å²) >= 11 is 0. The lowest BCUT2D eigenvalue weighted by atomic mass is 10.0. The molecular weight excluding hydrogens is 468 g/mol. The van der Waals surface area contributed by atoms with Gasteiger partial charge in [0.15, 0.2) is 6.29 Å². The van der Waals surface area contributed by atoms with Crippen molar-refractivity contribution in [3.8, 4) is 16.9 Å². The van der Waals surface area contributed by atoms with E-state index in [1.165, 1.54) is 100 Å². The molecule has 2 unspecified atom stereocenters. The SMILES string of the molecule is CCCCCCCCCCOc1ccc(-c2ccc(CCCCCCC(C)OC3CCCCO3)cc2)cc1. The van der Waals surface area contributed by atoms with Crippen LogP contribution in [0.4, 0.5) is 0 Å². The first kappa shape index (κ1) is 30.7. The Kier molecular flexibility index (Phi) is 15.6. The van der Waals surface area contributed by atoms with Crippen LogP contribution in [0.3, 0.4) is 0 Å². The summed E-state index contributed by atoms with van der Waals surface area (Å²) in [4.78, 5) is 0. The highest BCUT2D eigenvalue weighted by Crippen LogP contribution is 2.24. The maximum atomic E-state index is 6.03. The maximum Gasteiger partial charge on any atom is 0.157 e. The van der Waals surface area contributed by atoms with Gasteiger partial charge in [-0.2, -0.15) is 0 Å². The maximum absolute atomic E-state index is 6.03. The molecule has 3 rings (SSSR count). The van der Waals surface area contributed by atoms with E-state index in [4.69, 9.17) is 14.2 Å². The summed E-state index contributed by atoms with van der Waals surface area (Å²) < 4.78 is 17.7. The Bertz CT molecular complexity index is 823. The van der Waals surface area contributed by atoms with Crippen molar-refractivity contribution in [2.24, 2.45) is 0 Å². The zero-order valence-electron chi connectivity index (χ0n) is 24.4. The molecule has 0 bridgehead atoms. The van der Waals surface area contributed by atoms with Crippen molar-refractivity contribution in [1.29, 1.82) is 0 Å². The number of hydrogen-bond donors (Lipinski definition) is 0. The molecule has 2 aromatic rings. The highest BCUT2D eigenvalue weighted by molar-refractivity contribution is 5.64. The van der Waals surface area contributed by atoms with Gasteiger partial charge in [0.25, 0.3) is 0 Å². The molecule has 1 fully saturated rings. The molecule has 0 aliphatic carbocycles. The zero-order valence-corrected chi connectivity index (χ0v) is 24.4. The van der Waals surface area contributed by atoms with E-state index in [1.807, 2.05) is 0 Å². The minimum absolute atomic E-state index is 0.0394. The van der Waals surface area contributed by atoms with Gasteiger partial charge in [0.05, 0.1) is 12.7 Å². The standard InChI is InChI=1S/C35H54O3/c1-3-4-5-6-7-8-11-15-28-36-34-26-24-33(25-27-34)32-22-20-31(21-23-32)18-13-10-9-12-17-30(2)38-35-19-14-16-29-37-35/h20-27,30,35H,3-19,28-29H2,1-2H3. The smallest absolute Gasteiger partial charge is 0.157 e. The van der Waals surface area contributed by atoms with Crippen LogP contribution in [-0.2, 0) is 15.9 Å². The minimum Gasteiger partial charge on any atom is -0.494 e. The largest absolute Gasteiger partial charge is 0.494 e. The molecule has 1 aliphatic heterocycles. The van der Waals surface area contributed by atoms with Gasteiger partial charge in [0.2, 0.25) is 0 Å². The van der Waals surface area contributed by atoms with Gasteiger partial charge in [-0.3, -0.25) is 0 Å². The molecule has 212 valence electrons. The fourth-order valence-corrected chi connectivity index (χ4v) is 5.29. The Morgan fingerprint density at radius 3 is 2.05 bits per heavy atom. The highest BCUT2D eigenvalue weighted by atomic mass is 16.7. The monoisotopic (exact) mass is 522 g/mol. The first-order chi connectivity index (χ1) is 18.7. The van der Waals surface area contributed by atoms with E-state index >= 15 is 0 Å². The van der Waals surface area contributed by atoms with Crippen molar-refractivity contribution in [1.82, 2.24) is 0 Å². The van der Waals surface area contributed by atoms with Crippen molar-refractivity contribution in [3.05, 3.63) is 54.1 Å². The lowest BCUT2D eigenvalue weighted by molar-refractivity contribution is -0.185. The van der Waals surface area contributed by atoms with Crippen molar-refractivity contribution < 1.29 is 14.2 Å². The average Bonchev–Trinajstić information content (AvgIpc) is 2.95. The van der Waals surface area contributed by atoms with Crippen LogP contribution >= 0.6 is 0 Å². The summed E-state index contributed by atoms with van der Waals surface area (Å²) in [5, 5.41) is 0. The van der Waals surface area contributed by atoms with Gasteiger partial charge in [-0.15, -0.1) is 0 Å². The molecule has 0 N–H and O–H groups in total. The lowest BCUT2D eigenvalue weighted by Crippen LogP contribution is -2.26. The number of aryl methyl sites for hydroxylation is 1. The third-order valence-corrected chi connectivity index (χ3v) is 7.76. The lowest BCUT2D eigenvalue weighted by Gasteiger charge is -2.26. The summed E-state index contributed by atoms with van der Waals surface area (Å²) in [6.07, 6.45) is 21.8. The van der Waals surface area contributed by atoms with Crippen LogP contribution in [0.25, 0.3) is 11.1 Å². The van der Waals surface area contributed by atoms with E-state index < -0.39 is 0 Å². The normalized spacial score (nSPS) is 16.4. The Balaban J connectivity index is 1.23. The minimum atomic E-state index is 0.0394. The quantitative estimate of drug-likeness (QED) is 0.162. The summed E-state index contributed by atoms with van der Waals surface area (Å²) in [7, 11) is 0. The fraction of sp³-hybridized carbons (Fsp3) is 0.657. The van der Waals surface area contributed by atoms with Crippen LogP contribution in [0.1, 0.15) is 122 Å². The molecule has 0 amide bonds. The Morgan fingerprint density at radius 1 is 0.737 bits per heavy atom. The molecular formula is C35H54O3. The topological polar surface area (TPSA) is 27.7 Å². The first-order valence-electron chi connectivity index (χ1n) is 15.8. The second kappa shape index (κ2) is 19.3. The molecule has 2 aromatic carbocycles. The van der Waals surface area contributed by atoms with Gasteiger partial charge in [-0.1, -0.05) is 108 Å². The molecule has 3 nitrogen and oxygen atoms in total. The van der Waals surface area contributed by atoms with E-state index in [1.54, 1.807) is 0 Å². The van der Waals surface area contributed by atoms with Gasteiger partial charge < -0.3 is 14.2 Å². The van der Waals surface area contributed by atoms with E-state index in [0.29, 0.717) is 6.10 Å². The molecule has 0 saturated carbocycles. The molecule has 0 radical (unpaired) electrons. The highest BCUT2D eigenvalue weighted by Gasteiger charge is 2.16. The Morgan fingerprint density at radius 2 is 1.37 bits per heavy atom. The number of unbranched alkanes of at least 4 members (excludes halogenated alkanes) is 10. The predicted molar refractivity (Wildman–Crippen MR) is 161 cm³/mol. The first-order valence-corrected chi connectivity index (χ1v) is 15.8. The van der Waals surface area contributed by atoms with Crippen LogP contribution in [0.5, 0.6) is 5.75 Å². The molecule has 1 aliphatic rings. The number of rotatable bonds is 20. The van der Waals surface area contributed by atoms with Crippen LogP contribution in [0, 0.1) is 0 Å². The molecule has 1 heterocycles. The Labute approximate surface area is 233 Å². The third-order valence-electron chi connectivity index (χ3n) is 7.76. The van der Waals surface area contributed by atoms with Gasteiger partial charge in [0, 0.05) is 6.61 Å². The van der Waals surface area contributed by atoms with E-state index in [9.17, 15) is 0 Å². The van der Waals surface area contributed by atoms with E-state index in [-0.39, 0.29) is 6.29 Å². The number of benzene rings is 2. The third kappa shape index (κ3) is 12.8. The van der Waals surface area contributed by atoms with Gasteiger partial charge in [0.1, 0.15) is 5.75 Å². The average molecular weight is 523 g/mol. The fourth-order valence-electron chi connectivity index (χ4n) is 5.29. The van der Waals surface area contributed by atoms with Crippen molar-refractivity contribution in [2.75, 3.05) is 13.2 Å². The van der Waals surface area contributed by atoms with Crippen LogP contribution in [0.2, 0.25) is 0 Å². The second-order valence-corrected chi connectivity index (χ2v) is 11.2. The van der Waals surface area contributed by atoms with Crippen molar-refractivity contribution >= 4 is 0 Å². The molecule has 38 heavy (non-hydrogen) atoms. The van der Waals surface area contributed by atoms with E-state index in [0.717, 1.165) is 44.6 Å². The number of hydrogen-bond acceptors (Lipinski definition) is 3. The molecule has 1 saturated heterocycles. The van der Waals surface area contributed by atoms with Gasteiger partial charge in [-0.25, -0.2) is 0 Å². The van der Waals surface area contributed by atoms with Crippen LogP contribution in [0.15, 0.2) is 48.5 Å². The van der Waals surface area contributed by atoms with Crippen molar-refractivity contribution in [2.45, 2.75) is 135 Å². The summed E-state index contributed by atoms with van der Waals surface area (Å²) in [5.41, 5.74) is 3.97. The zero-order chi connectivity index (χ0) is 26.7. The molecule has 2 atom stereocenters. The number of ether oxygens (including phenoxy) is 3.